The van der Waals surface area contributed by atoms with E-state index in [-0.39, 0.29) is 0 Å². The number of hydrogen-bond donors (Lipinski definition) is 2. The molecule has 0 fully saturated rings. The first-order valence-corrected chi connectivity index (χ1v) is 15.8. The first kappa shape index (κ1) is 25.7. The summed E-state index contributed by atoms with van der Waals surface area (Å²) in [6.07, 6.45) is 0. The van der Waals surface area contributed by atoms with Crippen molar-refractivity contribution in [2.45, 2.75) is 9.79 Å². The molecule has 9 aromatic rings. The fraction of sp³-hybridized carbons (Fsp3) is 0. The van der Waals surface area contributed by atoms with Crippen molar-refractivity contribution in [2.24, 2.45) is 0 Å². The molecule has 0 aliphatic carbocycles. The zero-order valence-electron chi connectivity index (χ0n) is 23.8. The van der Waals surface area contributed by atoms with Crippen LogP contribution in [0.15, 0.2) is 155 Å². The summed E-state index contributed by atoms with van der Waals surface area (Å²) in [5.41, 5.74) is 4.96. The van der Waals surface area contributed by atoms with E-state index >= 15 is 0 Å². The number of rotatable bonds is 2. The Morgan fingerprint density at radius 3 is 1.07 bits per heavy atom. The molecule has 2 heteroatoms. The molecule has 9 aromatic carbocycles. The van der Waals surface area contributed by atoms with E-state index in [1.54, 1.807) is 0 Å². The molecular formula is C42H26S2. The van der Waals surface area contributed by atoms with Gasteiger partial charge in [-0.25, -0.2) is 0 Å². The van der Waals surface area contributed by atoms with Crippen molar-refractivity contribution in [3.8, 4) is 22.3 Å². The van der Waals surface area contributed by atoms with Crippen molar-refractivity contribution in [1.82, 2.24) is 0 Å². The second-order valence-corrected chi connectivity index (χ2v) is 12.6. The van der Waals surface area contributed by atoms with Gasteiger partial charge in [-0.3, -0.25) is 0 Å². The molecule has 0 radical (unpaired) electrons. The fourth-order valence-electron chi connectivity index (χ4n) is 7.18. The molecule has 0 bridgehead atoms. The van der Waals surface area contributed by atoms with Gasteiger partial charge in [-0.2, -0.15) is 0 Å². The minimum atomic E-state index is 0.958. The molecule has 0 aliphatic rings. The van der Waals surface area contributed by atoms with E-state index < -0.39 is 0 Å². The lowest BCUT2D eigenvalue weighted by Gasteiger charge is -2.22. The van der Waals surface area contributed by atoms with Gasteiger partial charge in [-0.15, -0.1) is 25.3 Å². The monoisotopic (exact) mass is 594 g/mol. The Balaban J connectivity index is 1.61. The Labute approximate surface area is 266 Å². The highest BCUT2D eigenvalue weighted by atomic mass is 32.1. The molecule has 0 nitrogen and oxygen atoms in total. The van der Waals surface area contributed by atoms with Crippen LogP contribution in [0.4, 0.5) is 0 Å². The van der Waals surface area contributed by atoms with Gasteiger partial charge in [-0.05, 0) is 123 Å². The van der Waals surface area contributed by atoms with Crippen LogP contribution in [-0.4, -0.2) is 0 Å². The third kappa shape index (κ3) is 3.81. The smallest absolute Gasteiger partial charge is 0.0198 e. The van der Waals surface area contributed by atoms with Gasteiger partial charge in [0.15, 0.2) is 0 Å². The second-order valence-electron chi connectivity index (χ2n) is 11.6. The van der Waals surface area contributed by atoms with Gasteiger partial charge in [0.1, 0.15) is 0 Å². The summed E-state index contributed by atoms with van der Waals surface area (Å²) in [5, 5.41) is 14.7. The molecular weight excluding hydrogens is 569 g/mol. The fourth-order valence-corrected chi connectivity index (χ4v) is 7.72. The van der Waals surface area contributed by atoms with E-state index in [4.69, 9.17) is 12.6 Å². The quantitative estimate of drug-likeness (QED) is 0.144. The second kappa shape index (κ2) is 9.89. The van der Waals surface area contributed by atoms with Crippen LogP contribution in [0.5, 0.6) is 0 Å². The van der Waals surface area contributed by atoms with Crippen molar-refractivity contribution >= 4 is 89.9 Å². The first-order chi connectivity index (χ1) is 21.7. The van der Waals surface area contributed by atoms with Crippen molar-refractivity contribution in [2.75, 3.05) is 0 Å². The van der Waals surface area contributed by atoms with E-state index in [1.807, 2.05) is 0 Å². The molecule has 44 heavy (non-hydrogen) atoms. The molecule has 0 heterocycles. The lowest BCUT2D eigenvalue weighted by molar-refractivity contribution is 1.48. The van der Waals surface area contributed by atoms with E-state index in [9.17, 15) is 0 Å². The number of thiol groups is 2. The predicted molar refractivity (Wildman–Crippen MR) is 197 cm³/mol. The Kier molecular flexibility index (Phi) is 5.78. The van der Waals surface area contributed by atoms with Gasteiger partial charge in [0.05, 0.1) is 0 Å². The van der Waals surface area contributed by atoms with Crippen LogP contribution in [0.1, 0.15) is 0 Å². The van der Waals surface area contributed by atoms with Gasteiger partial charge >= 0.3 is 0 Å². The van der Waals surface area contributed by atoms with Gasteiger partial charge < -0.3 is 0 Å². The number of fused-ring (bicyclic) bond motifs is 6. The molecule has 9 rings (SSSR count). The van der Waals surface area contributed by atoms with Crippen LogP contribution >= 0.6 is 25.3 Å². The maximum absolute atomic E-state index is 5.09. The molecule has 0 spiro atoms. The Morgan fingerprint density at radius 1 is 0.295 bits per heavy atom. The summed E-state index contributed by atoms with van der Waals surface area (Å²) in [6, 6.07) is 53.1. The minimum Gasteiger partial charge on any atom is -0.143 e. The molecule has 206 valence electrons. The summed E-state index contributed by atoms with van der Waals surface area (Å²) in [4.78, 5) is 1.98. The van der Waals surface area contributed by atoms with E-state index in [2.05, 4.69) is 158 Å². The summed E-state index contributed by atoms with van der Waals surface area (Å²) >= 11 is 9.71. The Hall–Kier alpha value is -4.76. The van der Waals surface area contributed by atoms with Crippen LogP contribution in [0.2, 0.25) is 0 Å². The highest BCUT2D eigenvalue weighted by Gasteiger charge is 2.22. The molecule has 0 aromatic heterocycles. The summed E-state index contributed by atoms with van der Waals surface area (Å²) in [5.74, 6) is 0. The van der Waals surface area contributed by atoms with Crippen molar-refractivity contribution in [3.05, 3.63) is 146 Å². The summed E-state index contributed by atoms with van der Waals surface area (Å²) in [6.45, 7) is 0. The average molecular weight is 595 g/mol. The molecule has 0 amide bonds. The largest absolute Gasteiger partial charge is 0.143 e. The molecule has 0 atom stereocenters. The van der Waals surface area contributed by atoms with Crippen molar-refractivity contribution in [1.29, 1.82) is 0 Å². The van der Waals surface area contributed by atoms with Crippen LogP contribution < -0.4 is 0 Å². The highest BCUT2D eigenvalue weighted by Crippen LogP contribution is 2.50. The van der Waals surface area contributed by atoms with Gasteiger partial charge in [-0.1, -0.05) is 109 Å². The van der Waals surface area contributed by atoms with Crippen LogP contribution in [-0.2, 0) is 0 Å². The molecule has 0 unspecified atom stereocenters. The maximum Gasteiger partial charge on any atom is 0.0198 e. The third-order valence-electron chi connectivity index (χ3n) is 9.16. The summed E-state index contributed by atoms with van der Waals surface area (Å²) in [7, 11) is 0. The lowest BCUT2D eigenvalue weighted by Crippen LogP contribution is -1.94. The van der Waals surface area contributed by atoms with Crippen molar-refractivity contribution in [3.63, 3.8) is 0 Å². The Bertz CT molecular complexity index is 2460. The number of benzene rings is 9. The van der Waals surface area contributed by atoms with Crippen molar-refractivity contribution < 1.29 is 0 Å². The first-order valence-electron chi connectivity index (χ1n) is 14.9. The highest BCUT2D eigenvalue weighted by molar-refractivity contribution is 7.80. The predicted octanol–water partition coefficient (Wildman–Crippen LogP) is 12.5. The van der Waals surface area contributed by atoms with Gasteiger partial charge in [0, 0.05) is 9.79 Å². The SMILES string of the molecule is Sc1ccc(-c2c3cc4ccccc4cc3c(-c3c4ccccc4c(S)c4ccccc34)c3cc4ccccc4cc23)cc1. The van der Waals surface area contributed by atoms with Crippen LogP contribution in [0.3, 0.4) is 0 Å². The standard InChI is InChI=1S/C42H26S2/c43-30-19-17-25(18-20-30)39-35-21-26-9-1-3-11-28(26)23-37(35)41(38-24-29-12-4-2-10-27(29)22-36(38)39)40-31-13-5-7-15-33(31)42(44)34-16-8-6-14-32(34)40/h1-24,43-44H. The van der Waals surface area contributed by atoms with Gasteiger partial charge in [0.2, 0.25) is 0 Å². The molecule has 0 saturated carbocycles. The Morgan fingerprint density at radius 2 is 0.636 bits per heavy atom. The molecule has 0 saturated heterocycles. The lowest BCUT2D eigenvalue weighted by atomic mass is 9.81. The van der Waals surface area contributed by atoms with E-state index in [0.29, 0.717) is 0 Å². The molecule has 0 aliphatic heterocycles. The average Bonchev–Trinajstić information content (AvgIpc) is 3.07. The van der Waals surface area contributed by atoms with Gasteiger partial charge in [0.25, 0.3) is 0 Å². The van der Waals surface area contributed by atoms with Crippen LogP contribution in [0.25, 0.3) is 86.9 Å². The molecule has 0 N–H and O–H groups in total. The zero-order valence-corrected chi connectivity index (χ0v) is 25.5. The zero-order chi connectivity index (χ0) is 29.4. The van der Waals surface area contributed by atoms with Crippen LogP contribution in [0, 0.1) is 0 Å². The maximum atomic E-state index is 5.09. The topological polar surface area (TPSA) is 0 Å². The summed E-state index contributed by atoms with van der Waals surface area (Å²) < 4.78 is 0. The van der Waals surface area contributed by atoms with E-state index in [0.717, 1.165) is 9.79 Å². The minimum absolute atomic E-state index is 0.958. The van der Waals surface area contributed by atoms with E-state index in [1.165, 1.54) is 86.9 Å². The normalized spacial score (nSPS) is 11.9. The third-order valence-corrected chi connectivity index (χ3v) is 9.94. The number of hydrogen-bond acceptors (Lipinski definition) is 2.